The summed E-state index contributed by atoms with van der Waals surface area (Å²) in [5.41, 5.74) is 5.36. The summed E-state index contributed by atoms with van der Waals surface area (Å²) in [6, 6.07) is 2.99. The summed E-state index contributed by atoms with van der Waals surface area (Å²) < 4.78 is 26.4. The molecule has 0 amide bonds. The third-order valence-corrected chi connectivity index (χ3v) is 5.55. The number of nitrogens with two attached hydrogens (primary N) is 1. The standard InChI is InChI=1S/C10H13BrCl2N2O2S/c1-15(4-2-3-14)18(16,17)10-8(12)5-7(11)6-9(10)13/h5-6H,2-4,14H2,1H3. The highest BCUT2D eigenvalue weighted by atomic mass is 79.9. The van der Waals surface area contributed by atoms with E-state index in [2.05, 4.69) is 15.9 Å². The van der Waals surface area contributed by atoms with E-state index in [4.69, 9.17) is 28.9 Å². The summed E-state index contributed by atoms with van der Waals surface area (Å²) in [5.74, 6) is 0. The van der Waals surface area contributed by atoms with Crippen molar-refractivity contribution in [2.45, 2.75) is 11.3 Å². The van der Waals surface area contributed by atoms with Gasteiger partial charge in [0, 0.05) is 18.1 Å². The Labute approximate surface area is 125 Å². The Morgan fingerprint density at radius 1 is 1.33 bits per heavy atom. The lowest BCUT2D eigenvalue weighted by atomic mass is 10.4. The zero-order valence-electron chi connectivity index (χ0n) is 9.66. The Bertz CT molecular complexity index is 514. The Hall–Kier alpha value is 0.150. The number of hydrogen-bond acceptors (Lipinski definition) is 3. The molecule has 0 saturated carbocycles. The highest BCUT2D eigenvalue weighted by Crippen LogP contribution is 2.34. The van der Waals surface area contributed by atoms with Gasteiger partial charge in [-0.05, 0) is 25.1 Å². The minimum atomic E-state index is -3.70. The highest BCUT2D eigenvalue weighted by Gasteiger charge is 2.26. The van der Waals surface area contributed by atoms with Crippen LogP contribution in [0.25, 0.3) is 0 Å². The Kier molecular flexibility index (Phi) is 5.89. The number of halogens is 3. The quantitative estimate of drug-likeness (QED) is 0.860. The van der Waals surface area contributed by atoms with Crippen molar-refractivity contribution in [1.82, 2.24) is 4.31 Å². The summed E-state index contributed by atoms with van der Waals surface area (Å²) in [4.78, 5) is -0.0754. The molecule has 102 valence electrons. The monoisotopic (exact) mass is 374 g/mol. The smallest absolute Gasteiger partial charge is 0.245 e. The summed E-state index contributed by atoms with van der Waals surface area (Å²) in [6.07, 6.45) is 0.571. The van der Waals surface area contributed by atoms with Crippen molar-refractivity contribution >= 4 is 49.2 Å². The van der Waals surface area contributed by atoms with Gasteiger partial charge >= 0.3 is 0 Å². The van der Waals surface area contributed by atoms with Gasteiger partial charge in [-0.2, -0.15) is 0 Å². The third-order valence-electron chi connectivity index (χ3n) is 2.31. The summed E-state index contributed by atoms with van der Waals surface area (Å²) in [6.45, 7) is 0.739. The van der Waals surface area contributed by atoms with Gasteiger partial charge in [-0.3, -0.25) is 0 Å². The van der Waals surface area contributed by atoms with Crippen molar-refractivity contribution in [3.8, 4) is 0 Å². The van der Waals surface area contributed by atoms with Crippen LogP contribution >= 0.6 is 39.1 Å². The number of rotatable bonds is 5. The van der Waals surface area contributed by atoms with Crippen LogP contribution in [0.3, 0.4) is 0 Å². The van der Waals surface area contributed by atoms with Crippen LogP contribution in [0.15, 0.2) is 21.5 Å². The molecule has 0 aliphatic rings. The van der Waals surface area contributed by atoms with E-state index in [1.165, 1.54) is 23.5 Å². The van der Waals surface area contributed by atoms with Crippen molar-refractivity contribution in [3.05, 3.63) is 26.7 Å². The van der Waals surface area contributed by atoms with Crippen molar-refractivity contribution in [3.63, 3.8) is 0 Å². The largest absolute Gasteiger partial charge is 0.330 e. The molecule has 8 heteroatoms. The van der Waals surface area contributed by atoms with Gasteiger partial charge in [0.05, 0.1) is 10.0 Å². The number of hydrogen-bond donors (Lipinski definition) is 1. The lowest BCUT2D eigenvalue weighted by Crippen LogP contribution is -2.29. The van der Waals surface area contributed by atoms with E-state index in [0.717, 1.165) is 0 Å². The molecule has 0 unspecified atom stereocenters. The Balaban J connectivity index is 3.20. The molecule has 1 aromatic rings. The average molecular weight is 376 g/mol. The van der Waals surface area contributed by atoms with Gasteiger partial charge in [0.1, 0.15) is 4.90 Å². The topological polar surface area (TPSA) is 63.4 Å². The van der Waals surface area contributed by atoms with Gasteiger partial charge in [-0.1, -0.05) is 39.1 Å². The number of benzene rings is 1. The summed E-state index contributed by atoms with van der Waals surface area (Å²) in [5, 5.41) is 0.183. The maximum absolute atomic E-state index is 12.3. The molecule has 0 radical (unpaired) electrons. The van der Waals surface area contributed by atoms with E-state index in [9.17, 15) is 8.42 Å². The van der Waals surface area contributed by atoms with Gasteiger partial charge in [0.2, 0.25) is 10.0 Å². The summed E-state index contributed by atoms with van der Waals surface area (Å²) in [7, 11) is -2.22. The molecule has 0 aliphatic carbocycles. The molecular formula is C10H13BrCl2N2O2S. The fourth-order valence-electron chi connectivity index (χ4n) is 1.37. The minimum absolute atomic E-state index is 0.0754. The molecule has 0 fully saturated rings. The van der Waals surface area contributed by atoms with Crippen molar-refractivity contribution < 1.29 is 8.42 Å². The molecule has 2 N–H and O–H groups in total. The van der Waals surface area contributed by atoms with Crippen molar-refractivity contribution in [2.24, 2.45) is 5.73 Å². The molecule has 18 heavy (non-hydrogen) atoms. The Morgan fingerprint density at radius 2 is 1.83 bits per heavy atom. The lowest BCUT2D eigenvalue weighted by molar-refractivity contribution is 0.464. The average Bonchev–Trinajstić information content (AvgIpc) is 2.23. The second-order valence-corrected chi connectivity index (χ2v) is 7.38. The van der Waals surface area contributed by atoms with Crippen molar-refractivity contribution in [2.75, 3.05) is 20.1 Å². The van der Waals surface area contributed by atoms with Crippen molar-refractivity contribution in [1.29, 1.82) is 0 Å². The molecule has 4 nitrogen and oxygen atoms in total. The van der Waals surface area contributed by atoms with Gasteiger partial charge < -0.3 is 5.73 Å². The fraction of sp³-hybridized carbons (Fsp3) is 0.400. The van der Waals surface area contributed by atoms with E-state index >= 15 is 0 Å². The molecule has 0 bridgehead atoms. The maximum Gasteiger partial charge on any atom is 0.245 e. The fourth-order valence-corrected chi connectivity index (χ4v) is 4.45. The highest BCUT2D eigenvalue weighted by molar-refractivity contribution is 9.10. The first kappa shape index (κ1) is 16.2. The van der Waals surface area contributed by atoms with E-state index in [-0.39, 0.29) is 14.9 Å². The molecular weight excluding hydrogens is 363 g/mol. The number of nitrogens with zero attached hydrogens (tertiary/aromatic N) is 1. The van der Waals surface area contributed by atoms with Gasteiger partial charge in [-0.15, -0.1) is 0 Å². The Morgan fingerprint density at radius 3 is 2.28 bits per heavy atom. The first-order valence-corrected chi connectivity index (χ1v) is 8.10. The minimum Gasteiger partial charge on any atom is -0.330 e. The van der Waals surface area contributed by atoms with Crippen LogP contribution in [0.2, 0.25) is 10.0 Å². The third kappa shape index (κ3) is 3.59. The van der Waals surface area contributed by atoms with E-state index in [1.807, 2.05) is 0 Å². The predicted octanol–water partition coefficient (Wildman–Crippen LogP) is 2.73. The van der Waals surface area contributed by atoms with Crippen LogP contribution in [-0.2, 0) is 10.0 Å². The molecule has 1 rings (SSSR count). The molecule has 1 aromatic carbocycles. The second-order valence-electron chi connectivity index (χ2n) is 3.67. The van der Waals surface area contributed by atoms with Crippen LogP contribution < -0.4 is 5.73 Å². The first-order valence-electron chi connectivity index (χ1n) is 5.11. The zero-order valence-corrected chi connectivity index (χ0v) is 13.6. The second kappa shape index (κ2) is 6.54. The normalized spacial score (nSPS) is 12.1. The zero-order chi connectivity index (χ0) is 13.9. The van der Waals surface area contributed by atoms with Crippen LogP contribution in [0.4, 0.5) is 0 Å². The molecule has 0 saturated heterocycles. The van der Waals surface area contributed by atoms with Crippen LogP contribution in [-0.4, -0.2) is 32.9 Å². The van der Waals surface area contributed by atoms with Gasteiger partial charge in [0.25, 0.3) is 0 Å². The molecule has 0 aliphatic heterocycles. The molecule has 0 spiro atoms. The lowest BCUT2D eigenvalue weighted by Gasteiger charge is -2.18. The van der Waals surface area contributed by atoms with Crippen LogP contribution in [0, 0.1) is 0 Å². The SMILES string of the molecule is CN(CCCN)S(=O)(=O)c1c(Cl)cc(Br)cc1Cl. The number of sulfonamides is 1. The maximum atomic E-state index is 12.3. The van der Waals surface area contributed by atoms with Gasteiger partial charge in [0.15, 0.2) is 0 Å². The van der Waals surface area contributed by atoms with E-state index in [0.29, 0.717) is 24.0 Å². The van der Waals surface area contributed by atoms with E-state index in [1.54, 1.807) is 0 Å². The predicted molar refractivity (Wildman–Crippen MR) is 77.6 cm³/mol. The molecule has 0 heterocycles. The molecule has 0 atom stereocenters. The van der Waals surface area contributed by atoms with Crippen LogP contribution in [0.1, 0.15) is 6.42 Å². The molecule has 0 aromatic heterocycles. The van der Waals surface area contributed by atoms with Crippen LogP contribution in [0.5, 0.6) is 0 Å². The van der Waals surface area contributed by atoms with Gasteiger partial charge in [-0.25, -0.2) is 12.7 Å². The summed E-state index contributed by atoms with van der Waals surface area (Å²) >= 11 is 15.1. The first-order chi connectivity index (χ1) is 8.30. The van der Waals surface area contributed by atoms with E-state index < -0.39 is 10.0 Å².